The molecule has 0 amide bonds. The highest BCUT2D eigenvalue weighted by Crippen LogP contribution is 2.40. The largest absolute Gasteiger partial charge is 0.298 e. The summed E-state index contributed by atoms with van der Waals surface area (Å²) in [5, 5.41) is 8.78. The maximum atomic E-state index is 11.8. The lowest BCUT2D eigenvalue weighted by molar-refractivity contribution is -0.130. The van der Waals surface area contributed by atoms with E-state index in [1.54, 1.807) is 0 Å². The minimum absolute atomic E-state index is 0.243. The van der Waals surface area contributed by atoms with Gasteiger partial charge in [0.25, 0.3) is 0 Å². The van der Waals surface area contributed by atoms with E-state index >= 15 is 0 Å². The fourth-order valence-electron chi connectivity index (χ4n) is 2.84. The second-order valence-electron chi connectivity index (χ2n) is 4.31. The minimum Gasteiger partial charge on any atom is -0.298 e. The Kier molecular flexibility index (Phi) is 2.35. The van der Waals surface area contributed by atoms with Gasteiger partial charge in [0.05, 0.1) is 6.07 Å². The normalized spacial score (nSPS) is 39.3. The molecule has 3 unspecified atom stereocenters. The van der Waals surface area contributed by atoms with E-state index in [0.717, 1.165) is 19.3 Å². The van der Waals surface area contributed by atoms with Gasteiger partial charge in [0.1, 0.15) is 5.92 Å². The average Bonchev–Trinajstić information content (AvgIpc) is 2.19. The van der Waals surface area contributed by atoms with Gasteiger partial charge in [0.15, 0.2) is 5.78 Å². The van der Waals surface area contributed by atoms with Crippen LogP contribution in [0, 0.1) is 29.1 Å². The third-order valence-corrected chi connectivity index (χ3v) is 3.60. The Morgan fingerprint density at radius 1 is 1.15 bits per heavy atom. The van der Waals surface area contributed by atoms with Gasteiger partial charge >= 0.3 is 0 Å². The van der Waals surface area contributed by atoms with Crippen molar-refractivity contribution >= 4 is 5.78 Å². The first-order chi connectivity index (χ1) is 6.33. The molecule has 0 radical (unpaired) electrons. The molecule has 2 heteroatoms. The van der Waals surface area contributed by atoms with Gasteiger partial charge in [-0.25, -0.2) is 0 Å². The van der Waals surface area contributed by atoms with Crippen molar-refractivity contribution in [1.29, 1.82) is 5.26 Å². The standard InChI is InChI=1S/C11H15NO/c12-7-9-6-5-8-3-1-2-4-10(8)11(9)13/h8-10H,1-6H2. The van der Waals surface area contributed by atoms with Gasteiger partial charge in [0.2, 0.25) is 0 Å². The van der Waals surface area contributed by atoms with Crippen LogP contribution < -0.4 is 0 Å². The summed E-state index contributed by atoms with van der Waals surface area (Å²) < 4.78 is 0. The number of nitriles is 1. The van der Waals surface area contributed by atoms with E-state index < -0.39 is 0 Å². The third-order valence-electron chi connectivity index (χ3n) is 3.60. The zero-order valence-electron chi connectivity index (χ0n) is 7.83. The van der Waals surface area contributed by atoms with E-state index in [1.165, 1.54) is 19.3 Å². The van der Waals surface area contributed by atoms with Crippen LogP contribution in [0.2, 0.25) is 0 Å². The Hall–Kier alpha value is -0.840. The van der Waals surface area contributed by atoms with Crippen LogP contribution in [-0.4, -0.2) is 5.78 Å². The highest BCUT2D eigenvalue weighted by atomic mass is 16.1. The lowest BCUT2D eigenvalue weighted by Gasteiger charge is -2.35. The van der Waals surface area contributed by atoms with Crippen molar-refractivity contribution in [1.82, 2.24) is 0 Å². The van der Waals surface area contributed by atoms with Crippen LogP contribution in [0.5, 0.6) is 0 Å². The molecule has 2 fully saturated rings. The molecule has 0 N–H and O–H groups in total. The molecule has 3 atom stereocenters. The Morgan fingerprint density at radius 3 is 2.69 bits per heavy atom. The monoisotopic (exact) mass is 177 g/mol. The summed E-state index contributed by atoms with van der Waals surface area (Å²) in [5.41, 5.74) is 0. The van der Waals surface area contributed by atoms with E-state index in [9.17, 15) is 4.79 Å². The summed E-state index contributed by atoms with van der Waals surface area (Å²) in [6.07, 6.45) is 6.65. The number of Topliss-reactive ketones (excluding diaryl/α,β-unsaturated/α-hetero) is 1. The Balaban J connectivity index is 2.10. The van der Waals surface area contributed by atoms with Crippen LogP contribution in [0.3, 0.4) is 0 Å². The van der Waals surface area contributed by atoms with Gasteiger partial charge in [-0.3, -0.25) is 4.79 Å². The molecule has 2 saturated carbocycles. The second kappa shape index (κ2) is 3.49. The summed E-state index contributed by atoms with van der Waals surface area (Å²) in [6.45, 7) is 0. The zero-order valence-corrected chi connectivity index (χ0v) is 7.83. The third kappa shape index (κ3) is 1.48. The van der Waals surface area contributed by atoms with Crippen LogP contribution >= 0.6 is 0 Å². The number of hydrogen-bond acceptors (Lipinski definition) is 2. The molecule has 0 aromatic heterocycles. The smallest absolute Gasteiger partial charge is 0.153 e. The Bertz CT molecular complexity index is 253. The maximum Gasteiger partial charge on any atom is 0.153 e. The molecule has 0 aromatic rings. The highest BCUT2D eigenvalue weighted by molar-refractivity contribution is 5.86. The van der Waals surface area contributed by atoms with Crippen LogP contribution in [0.15, 0.2) is 0 Å². The molecule has 0 bridgehead atoms. The van der Waals surface area contributed by atoms with Gasteiger partial charge in [-0.15, -0.1) is 0 Å². The highest BCUT2D eigenvalue weighted by Gasteiger charge is 2.38. The fraction of sp³-hybridized carbons (Fsp3) is 0.818. The first-order valence-electron chi connectivity index (χ1n) is 5.26. The van der Waals surface area contributed by atoms with Crippen molar-refractivity contribution in [2.45, 2.75) is 38.5 Å². The lowest BCUT2D eigenvalue weighted by Crippen LogP contribution is -2.36. The predicted octanol–water partition coefficient (Wildman–Crippen LogP) is 2.30. The van der Waals surface area contributed by atoms with E-state index in [-0.39, 0.29) is 17.6 Å². The number of carbonyl (C=O) groups excluding carboxylic acids is 1. The summed E-state index contributed by atoms with van der Waals surface area (Å²) in [6, 6.07) is 2.14. The fourth-order valence-corrected chi connectivity index (χ4v) is 2.84. The lowest BCUT2D eigenvalue weighted by atomic mass is 9.67. The van der Waals surface area contributed by atoms with Gasteiger partial charge in [-0.05, 0) is 31.6 Å². The van der Waals surface area contributed by atoms with Gasteiger partial charge < -0.3 is 0 Å². The molecular formula is C11H15NO. The van der Waals surface area contributed by atoms with Crippen LogP contribution in [0.25, 0.3) is 0 Å². The van der Waals surface area contributed by atoms with E-state index in [4.69, 9.17) is 5.26 Å². The van der Waals surface area contributed by atoms with Crippen molar-refractivity contribution in [3.05, 3.63) is 0 Å². The molecule has 2 aliphatic carbocycles. The number of rotatable bonds is 0. The molecular weight excluding hydrogens is 162 g/mol. The van der Waals surface area contributed by atoms with Crippen molar-refractivity contribution in [3.63, 3.8) is 0 Å². The summed E-state index contributed by atoms with van der Waals surface area (Å²) in [7, 11) is 0. The number of hydrogen-bond donors (Lipinski definition) is 0. The molecule has 2 aliphatic rings. The Morgan fingerprint density at radius 2 is 1.92 bits per heavy atom. The number of nitrogens with zero attached hydrogens (tertiary/aromatic N) is 1. The van der Waals surface area contributed by atoms with E-state index in [1.807, 2.05) is 0 Å². The van der Waals surface area contributed by atoms with Crippen LogP contribution in [0.1, 0.15) is 38.5 Å². The maximum absolute atomic E-state index is 11.8. The van der Waals surface area contributed by atoms with Gasteiger partial charge in [-0.2, -0.15) is 5.26 Å². The van der Waals surface area contributed by atoms with Crippen LogP contribution in [-0.2, 0) is 4.79 Å². The number of carbonyl (C=O) groups is 1. The van der Waals surface area contributed by atoms with Crippen molar-refractivity contribution < 1.29 is 4.79 Å². The number of ketones is 1. The number of fused-ring (bicyclic) bond motifs is 1. The summed E-state index contributed by atoms with van der Waals surface area (Å²) in [5.74, 6) is 0.829. The SMILES string of the molecule is N#CC1CCC2CCCCC2C1=O. The Labute approximate surface area is 78.9 Å². The van der Waals surface area contributed by atoms with Gasteiger partial charge in [-0.1, -0.05) is 12.8 Å². The molecule has 13 heavy (non-hydrogen) atoms. The van der Waals surface area contributed by atoms with Crippen LogP contribution in [0.4, 0.5) is 0 Å². The van der Waals surface area contributed by atoms with Crippen molar-refractivity contribution in [3.8, 4) is 6.07 Å². The topological polar surface area (TPSA) is 40.9 Å². The average molecular weight is 177 g/mol. The van der Waals surface area contributed by atoms with E-state index in [2.05, 4.69) is 6.07 Å². The molecule has 0 aliphatic heterocycles. The van der Waals surface area contributed by atoms with E-state index in [0.29, 0.717) is 5.92 Å². The van der Waals surface area contributed by atoms with Crippen molar-refractivity contribution in [2.75, 3.05) is 0 Å². The van der Waals surface area contributed by atoms with Crippen molar-refractivity contribution in [2.24, 2.45) is 17.8 Å². The first kappa shape index (κ1) is 8.74. The predicted molar refractivity (Wildman–Crippen MR) is 48.8 cm³/mol. The molecule has 2 rings (SSSR count). The minimum atomic E-state index is -0.278. The molecule has 70 valence electrons. The summed E-state index contributed by atoms with van der Waals surface area (Å²) in [4.78, 5) is 11.8. The molecule has 0 aromatic carbocycles. The quantitative estimate of drug-likeness (QED) is 0.569. The van der Waals surface area contributed by atoms with Gasteiger partial charge in [0, 0.05) is 5.92 Å². The molecule has 0 saturated heterocycles. The zero-order chi connectivity index (χ0) is 9.26. The molecule has 0 heterocycles. The second-order valence-corrected chi connectivity index (χ2v) is 4.31. The summed E-state index contributed by atoms with van der Waals surface area (Å²) >= 11 is 0. The first-order valence-corrected chi connectivity index (χ1v) is 5.26. The molecule has 2 nitrogen and oxygen atoms in total. The molecule has 0 spiro atoms.